The molecule has 0 atom stereocenters. The van der Waals surface area contributed by atoms with Gasteiger partial charge >= 0.3 is 0 Å². The minimum atomic E-state index is -3.84. The Labute approximate surface area is 153 Å². The lowest BCUT2D eigenvalue weighted by molar-refractivity contribution is 0.586. The number of nitrogens with zero attached hydrogens (tertiary/aromatic N) is 1. The minimum absolute atomic E-state index is 0.00221. The van der Waals surface area contributed by atoms with E-state index in [9.17, 15) is 17.2 Å². The highest BCUT2D eigenvalue weighted by molar-refractivity contribution is 7.92. The van der Waals surface area contributed by atoms with Gasteiger partial charge in [-0.05, 0) is 42.5 Å². The lowest BCUT2D eigenvalue weighted by Crippen LogP contribution is -2.13. The number of nitrogens with one attached hydrogen (secondary N) is 2. The fourth-order valence-electron chi connectivity index (χ4n) is 2.11. The van der Waals surface area contributed by atoms with Crippen LogP contribution < -0.4 is 10.0 Å². The monoisotopic (exact) mass is 395 g/mol. The predicted molar refractivity (Wildman–Crippen MR) is 96.1 cm³/mol. The molecule has 0 radical (unpaired) electrons. The van der Waals surface area contributed by atoms with Gasteiger partial charge in [-0.25, -0.2) is 22.2 Å². The summed E-state index contributed by atoms with van der Waals surface area (Å²) in [5, 5.41) is 3.02. The van der Waals surface area contributed by atoms with Crippen molar-refractivity contribution in [3.63, 3.8) is 0 Å². The van der Waals surface area contributed by atoms with E-state index in [0.717, 1.165) is 12.1 Å². The van der Waals surface area contributed by atoms with Crippen LogP contribution in [0.3, 0.4) is 0 Å². The number of aromatic nitrogens is 1. The van der Waals surface area contributed by atoms with Gasteiger partial charge in [-0.1, -0.05) is 17.7 Å². The summed E-state index contributed by atoms with van der Waals surface area (Å²) in [6.07, 6.45) is 1.32. The van der Waals surface area contributed by atoms with Crippen LogP contribution in [0, 0.1) is 11.6 Å². The first-order chi connectivity index (χ1) is 12.3. The van der Waals surface area contributed by atoms with E-state index in [2.05, 4.69) is 15.0 Å². The Hall–Kier alpha value is -2.71. The SMILES string of the molecule is O=S(=O)(Nc1ccc(Nc2ccc(F)cc2F)cn1)c1cccc(Cl)c1. The number of pyridine rings is 1. The molecule has 0 spiro atoms. The number of sulfonamides is 1. The largest absolute Gasteiger partial charge is 0.352 e. The first-order valence-electron chi connectivity index (χ1n) is 7.30. The van der Waals surface area contributed by atoms with Gasteiger partial charge in [-0.2, -0.15) is 0 Å². The number of rotatable bonds is 5. The van der Waals surface area contributed by atoms with Gasteiger partial charge in [-0.15, -0.1) is 0 Å². The van der Waals surface area contributed by atoms with Crippen molar-refractivity contribution in [2.24, 2.45) is 0 Å². The fourth-order valence-corrected chi connectivity index (χ4v) is 3.41. The predicted octanol–water partition coefficient (Wildman–Crippen LogP) is 4.56. The minimum Gasteiger partial charge on any atom is -0.352 e. The summed E-state index contributed by atoms with van der Waals surface area (Å²) in [6, 6.07) is 11.8. The van der Waals surface area contributed by atoms with E-state index in [1.165, 1.54) is 42.6 Å². The summed E-state index contributed by atoms with van der Waals surface area (Å²) in [6.45, 7) is 0. The highest BCUT2D eigenvalue weighted by Gasteiger charge is 2.15. The molecular formula is C17H12ClF2N3O2S. The first-order valence-corrected chi connectivity index (χ1v) is 9.16. The molecule has 9 heteroatoms. The molecule has 2 aromatic carbocycles. The summed E-state index contributed by atoms with van der Waals surface area (Å²) in [7, 11) is -3.84. The van der Waals surface area contributed by atoms with Gasteiger partial charge in [0.2, 0.25) is 0 Å². The second kappa shape index (κ2) is 7.27. The standard InChI is InChI=1S/C17H12ClF2N3O2S/c18-11-2-1-3-14(8-11)26(24,25)23-17-7-5-13(10-21-17)22-16-6-4-12(19)9-15(16)20/h1-10,22H,(H,21,23). The molecule has 134 valence electrons. The van der Waals surface area contributed by atoms with Crippen molar-refractivity contribution in [2.45, 2.75) is 4.90 Å². The van der Waals surface area contributed by atoms with E-state index in [1.54, 1.807) is 6.07 Å². The zero-order chi connectivity index (χ0) is 18.7. The van der Waals surface area contributed by atoms with Gasteiger partial charge in [0, 0.05) is 11.1 Å². The molecule has 0 amide bonds. The van der Waals surface area contributed by atoms with Crippen LogP contribution in [-0.2, 0) is 10.0 Å². The van der Waals surface area contributed by atoms with Gasteiger partial charge in [0.05, 0.1) is 22.5 Å². The summed E-state index contributed by atoms with van der Waals surface area (Å²) in [5.74, 6) is -1.36. The van der Waals surface area contributed by atoms with Crippen LogP contribution in [0.15, 0.2) is 65.7 Å². The van der Waals surface area contributed by atoms with Crippen molar-refractivity contribution in [2.75, 3.05) is 10.0 Å². The van der Waals surface area contributed by atoms with Crippen LogP contribution in [0.25, 0.3) is 0 Å². The van der Waals surface area contributed by atoms with Gasteiger partial charge in [0.15, 0.2) is 0 Å². The molecule has 0 fully saturated rings. The van der Waals surface area contributed by atoms with Crippen molar-refractivity contribution in [1.82, 2.24) is 4.98 Å². The van der Waals surface area contributed by atoms with Gasteiger partial charge < -0.3 is 5.32 Å². The molecule has 5 nitrogen and oxygen atoms in total. The van der Waals surface area contributed by atoms with E-state index >= 15 is 0 Å². The zero-order valence-corrected chi connectivity index (χ0v) is 14.7. The number of hydrogen-bond acceptors (Lipinski definition) is 4. The van der Waals surface area contributed by atoms with Crippen molar-refractivity contribution < 1.29 is 17.2 Å². The van der Waals surface area contributed by atoms with Crippen LogP contribution in [0.2, 0.25) is 5.02 Å². The molecule has 1 heterocycles. The van der Waals surface area contributed by atoms with Crippen LogP contribution in [-0.4, -0.2) is 13.4 Å². The zero-order valence-electron chi connectivity index (χ0n) is 13.1. The summed E-state index contributed by atoms with van der Waals surface area (Å²) in [5.41, 5.74) is 0.474. The third kappa shape index (κ3) is 4.27. The van der Waals surface area contributed by atoms with Gasteiger partial charge in [0.25, 0.3) is 10.0 Å². The van der Waals surface area contributed by atoms with Crippen LogP contribution >= 0.6 is 11.6 Å². The van der Waals surface area contributed by atoms with Crippen molar-refractivity contribution in [1.29, 1.82) is 0 Å². The Morgan fingerprint density at radius 1 is 1.00 bits per heavy atom. The maximum Gasteiger partial charge on any atom is 0.263 e. The van der Waals surface area contributed by atoms with Crippen molar-refractivity contribution in [3.8, 4) is 0 Å². The third-order valence-electron chi connectivity index (χ3n) is 3.32. The number of hydrogen-bond donors (Lipinski definition) is 2. The maximum absolute atomic E-state index is 13.6. The highest BCUT2D eigenvalue weighted by atomic mass is 35.5. The molecule has 0 saturated carbocycles. The lowest BCUT2D eigenvalue weighted by Gasteiger charge is -2.10. The molecule has 26 heavy (non-hydrogen) atoms. The molecule has 3 rings (SSSR count). The Morgan fingerprint density at radius 2 is 1.81 bits per heavy atom. The number of benzene rings is 2. The van der Waals surface area contributed by atoms with E-state index < -0.39 is 21.7 Å². The molecule has 0 bridgehead atoms. The Balaban J connectivity index is 1.75. The van der Waals surface area contributed by atoms with E-state index in [0.29, 0.717) is 10.7 Å². The molecule has 0 unspecified atom stereocenters. The van der Waals surface area contributed by atoms with E-state index in [-0.39, 0.29) is 16.4 Å². The average molecular weight is 396 g/mol. The topological polar surface area (TPSA) is 71.1 Å². The molecule has 0 aliphatic carbocycles. The maximum atomic E-state index is 13.6. The third-order valence-corrected chi connectivity index (χ3v) is 4.91. The van der Waals surface area contributed by atoms with Crippen molar-refractivity contribution in [3.05, 3.63) is 77.5 Å². The van der Waals surface area contributed by atoms with Gasteiger partial charge in [-0.3, -0.25) is 4.72 Å². The summed E-state index contributed by atoms with van der Waals surface area (Å²) in [4.78, 5) is 3.98. The van der Waals surface area contributed by atoms with Crippen LogP contribution in [0.4, 0.5) is 26.0 Å². The quantitative estimate of drug-likeness (QED) is 0.664. The molecule has 2 N–H and O–H groups in total. The van der Waals surface area contributed by atoms with E-state index in [4.69, 9.17) is 11.6 Å². The Kier molecular flexibility index (Phi) is 5.06. The molecule has 3 aromatic rings. The molecule has 0 aliphatic heterocycles. The normalized spacial score (nSPS) is 11.2. The molecule has 1 aromatic heterocycles. The molecule has 0 saturated heterocycles. The van der Waals surface area contributed by atoms with Gasteiger partial charge in [0.1, 0.15) is 17.5 Å². The molecular weight excluding hydrogens is 384 g/mol. The van der Waals surface area contributed by atoms with Crippen LogP contribution in [0.1, 0.15) is 0 Å². The molecule has 0 aliphatic rings. The smallest absolute Gasteiger partial charge is 0.263 e. The first kappa shape index (κ1) is 18.1. The highest BCUT2D eigenvalue weighted by Crippen LogP contribution is 2.22. The summed E-state index contributed by atoms with van der Waals surface area (Å²) >= 11 is 5.80. The number of halogens is 3. The van der Waals surface area contributed by atoms with Crippen molar-refractivity contribution >= 4 is 38.8 Å². The average Bonchev–Trinajstić information content (AvgIpc) is 2.59. The Morgan fingerprint density at radius 3 is 2.46 bits per heavy atom. The fraction of sp³-hybridized carbons (Fsp3) is 0. The Bertz CT molecular complexity index is 1040. The number of anilines is 3. The second-order valence-electron chi connectivity index (χ2n) is 5.24. The van der Waals surface area contributed by atoms with Crippen LogP contribution in [0.5, 0.6) is 0 Å². The second-order valence-corrected chi connectivity index (χ2v) is 7.36. The van der Waals surface area contributed by atoms with E-state index in [1.807, 2.05) is 0 Å². The lowest BCUT2D eigenvalue weighted by atomic mass is 10.3. The summed E-state index contributed by atoms with van der Waals surface area (Å²) < 4.78 is 53.5.